The van der Waals surface area contributed by atoms with Gasteiger partial charge in [-0.2, -0.15) is 0 Å². The van der Waals surface area contributed by atoms with Crippen molar-refractivity contribution in [1.82, 2.24) is 0 Å². The molecule has 0 aliphatic heterocycles. The van der Waals surface area contributed by atoms with Crippen molar-refractivity contribution in [3.8, 4) is 0 Å². The van der Waals surface area contributed by atoms with Gasteiger partial charge in [-0.1, -0.05) is 35.9 Å². The lowest BCUT2D eigenvalue weighted by molar-refractivity contribution is 0.626. The average Bonchev–Trinajstić information content (AvgIpc) is 2.32. The number of hydrogen-bond acceptors (Lipinski definition) is 1. The second kappa shape index (κ2) is 5.19. The van der Waals surface area contributed by atoms with Crippen LogP contribution in [-0.4, -0.2) is 0 Å². The third kappa shape index (κ3) is 2.98. The molecule has 0 unspecified atom stereocenters. The van der Waals surface area contributed by atoms with Crippen LogP contribution in [0.15, 0.2) is 42.5 Å². The van der Waals surface area contributed by atoms with E-state index in [1.165, 1.54) is 11.6 Å². The highest BCUT2D eigenvalue weighted by molar-refractivity contribution is 6.30. The summed E-state index contributed by atoms with van der Waals surface area (Å²) in [6, 6.07) is 12.8. The largest absolute Gasteiger partial charge is 0.381 e. The lowest BCUT2D eigenvalue weighted by Gasteiger charge is -2.09. The first kappa shape index (κ1) is 11.9. The number of anilines is 1. The summed E-state index contributed by atoms with van der Waals surface area (Å²) in [6.07, 6.45) is 0. The first-order valence-corrected chi connectivity index (χ1v) is 5.78. The van der Waals surface area contributed by atoms with E-state index in [0.29, 0.717) is 6.54 Å². The van der Waals surface area contributed by atoms with Gasteiger partial charge in [0.1, 0.15) is 5.82 Å². The van der Waals surface area contributed by atoms with Crippen molar-refractivity contribution in [1.29, 1.82) is 0 Å². The molecule has 2 aromatic rings. The number of rotatable bonds is 3. The maximum Gasteiger partial charge on any atom is 0.142 e. The minimum Gasteiger partial charge on any atom is -0.381 e. The fourth-order valence-electron chi connectivity index (χ4n) is 1.62. The van der Waals surface area contributed by atoms with Crippen LogP contribution in [0.5, 0.6) is 0 Å². The number of halogens is 2. The molecule has 2 aromatic carbocycles. The van der Waals surface area contributed by atoms with Crippen LogP contribution >= 0.6 is 11.6 Å². The molecule has 0 atom stereocenters. The van der Waals surface area contributed by atoms with Crippen LogP contribution in [0, 0.1) is 12.7 Å². The van der Waals surface area contributed by atoms with Crippen molar-refractivity contribution in [2.45, 2.75) is 13.5 Å². The van der Waals surface area contributed by atoms with Gasteiger partial charge in [-0.25, -0.2) is 4.39 Å². The fourth-order valence-corrected chi connectivity index (χ4v) is 1.74. The minimum atomic E-state index is -0.379. The van der Waals surface area contributed by atoms with Crippen LogP contribution < -0.4 is 5.32 Å². The van der Waals surface area contributed by atoms with Gasteiger partial charge >= 0.3 is 0 Å². The van der Waals surface area contributed by atoms with Crippen molar-refractivity contribution in [3.63, 3.8) is 0 Å². The normalized spacial score (nSPS) is 10.3. The highest BCUT2D eigenvalue weighted by Crippen LogP contribution is 2.18. The second-order valence-corrected chi connectivity index (χ2v) is 4.32. The SMILES string of the molecule is Cc1ccccc1NCc1ccc(Cl)c(F)c1. The second-order valence-electron chi connectivity index (χ2n) is 3.92. The molecule has 0 aliphatic carbocycles. The average molecular weight is 250 g/mol. The molecule has 0 bridgehead atoms. The Morgan fingerprint density at radius 1 is 1.18 bits per heavy atom. The zero-order valence-corrected chi connectivity index (χ0v) is 10.3. The summed E-state index contributed by atoms with van der Waals surface area (Å²) in [7, 11) is 0. The van der Waals surface area contributed by atoms with E-state index in [9.17, 15) is 4.39 Å². The molecule has 0 aliphatic rings. The Morgan fingerprint density at radius 3 is 2.65 bits per heavy atom. The molecule has 0 radical (unpaired) electrons. The van der Waals surface area contributed by atoms with Crippen molar-refractivity contribution in [2.24, 2.45) is 0 Å². The Morgan fingerprint density at radius 2 is 1.94 bits per heavy atom. The maximum absolute atomic E-state index is 13.2. The summed E-state index contributed by atoms with van der Waals surface area (Å²) in [6.45, 7) is 2.61. The monoisotopic (exact) mass is 249 g/mol. The smallest absolute Gasteiger partial charge is 0.142 e. The predicted octanol–water partition coefficient (Wildman–Crippen LogP) is 4.40. The van der Waals surface area contributed by atoms with Gasteiger partial charge in [-0.15, -0.1) is 0 Å². The van der Waals surface area contributed by atoms with Gasteiger partial charge in [-0.3, -0.25) is 0 Å². The van der Waals surface area contributed by atoms with Gasteiger partial charge in [0, 0.05) is 12.2 Å². The van der Waals surface area contributed by atoms with Gasteiger partial charge in [0.2, 0.25) is 0 Å². The third-order valence-corrected chi connectivity index (χ3v) is 2.92. The summed E-state index contributed by atoms with van der Waals surface area (Å²) in [5.41, 5.74) is 3.10. The molecule has 0 saturated heterocycles. The van der Waals surface area contributed by atoms with Gasteiger partial charge in [0.15, 0.2) is 0 Å². The van der Waals surface area contributed by atoms with Crippen molar-refractivity contribution < 1.29 is 4.39 Å². The molecule has 0 aromatic heterocycles. The van der Waals surface area contributed by atoms with E-state index in [1.54, 1.807) is 6.07 Å². The van der Waals surface area contributed by atoms with E-state index < -0.39 is 0 Å². The summed E-state index contributed by atoms with van der Waals surface area (Å²) < 4.78 is 13.2. The highest BCUT2D eigenvalue weighted by Gasteiger charge is 2.01. The van der Waals surface area contributed by atoms with Crippen molar-refractivity contribution in [3.05, 3.63) is 64.4 Å². The van der Waals surface area contributed by atoms with E-state index in [4.69, 9.17) is 11.6 Å². The molecule has 17 heavy (non-hydrogen) atoms. The first-order valence-electron chi connectivity index (χ1n) is 5.40. The molecule has 1 nitrogen and oxygen atoms in total. The topological polar surface area (TPSA) is 12.0 Å². The Balaban J connectivity index is 2.08. The van der Waals surface area contributed by atoms with Crippen LogP contribution in [0.4, 0.5) is 10.1 Å². The summed E-state index contributed by atoms with van der Waals surface area (Å²) in [5, 5.41) is 3.42. The van der Waals surface area contributed by atoms with Crippen molar-refractivity contribution >= 4 is 17.3 Å². The molecule has 3 heteroatoms. The Kier molecular flexibility index (Phi) is 3.64. The van der Waals surface area contributed by atoms with Crippen LogP contribution in [0.3, 0.4) is 0 Å². The van der Waals surface area contributed by atoms with Crippen molar-refractivity contribution in [2.75, 3.05) is 5.32 Å². The van der Waals surface area contributed by atoms with Gasteiger partial charge < -0.3 is 5.32 Å². The van der Waals surface area contributed by atoms with E-state index >= 15 is 0 Å². The van der Waals surface area contributed by atoms with E-state index in [2.05, 4.69) is 5.32 Å². The molecule has 0 heterocycles. The number of benzene rings is 2. The van der Waals surface area contributed by atoms with E-state index in [-0.39, 0.29) is 10.8 Å². The lowest BCUT2D eigenvalue weighted by Crippen LogP contribution is -2.01. The predicted molar refractivity (Wildman–Crippen MR) is 69.9 cm³/mol. The van der Waals surface area contributed by atoms with E-state index in [0.717, 1.165) is 11.3 Å². The molecular weight excluding hydrogens is 237 g/mol. The first-order chi connectivity index (χ1) is 8.16. The van der Waals surface area contributed by atoms with Gasteiger partial charge in [0.25, 0.3) is 0 Å². The quantitative estimate of drug-likeness (QED) is 0.850. The molecule has 0 spiro atoms. The number of para-hydroxylation sites is 1. The molecule has 0 amide bonds. The third-order valence-electron chi connectivity index (χ3n) is 2.61. The Labute approximate surface area is 105 Å². The zero-order chi connectivity index (χ0) is 12.3. The minimum absolute atomic E-state index is 0.157. The maximum atomic E-state index is 13.2. The number of nitrogens with one attached hydrogen (secondary N) is 1. The number of hydrogen-bond donors (Lipinski definition) is 1. The molecule has 0 saturated carbocycles. The summed E-state index contributed by atoms with van der Waals surface area (Å²) >= 11 is 5.63. The zero-order valence-electron chi connectivity index (χ0n) is 9.50. The summed E-state index contributed by atoms with van der Waals surface area (Å²) in [4.78, 5) is 0. The molecule has 88 valence electrons. The number of aryl methyl sites for hydroxylation is 1. The van der Waals surface area contributed by atoms with Crippen LogP contribution in [0.2, 0.25) is 5.02 Å². The Hall–Kier alpha value is -1.54. The van der Waals surface area contributed by atoms with Crippen LogP contribution in [0.25, 0.3) is 0 Å². The Bertz CT molecular complexity index is 525. The van der Waals surface area contributed by atoms with Gasteiger partial charge in [-0.05, 0) is 36.2 Å². The standard InChI is InChI=1S/C14H13ClFN/c1-10-4-2-3-5-14(10)17-9-11-6-7-12(15)13(16)8-11/h2-8,17H,9H2,1H3. The van der Waals surface area contributed by atoms with Crippen LogP contribution in [0.1, 0.15) is 11.1 Å². The molecular formula is C14H13ClFN. The molecule has 0 fully saturated rings. The summed E-state index contributed by atoms with van der Waals surface area (Å²) in [5.74, 6) is -0.379. The van der Waals surface area contributed by atoms with Gasteiger partial charge in [0.05, 0.1) is 5.02 Å². The fraction of sp³-hybridized carbons (Fsp3) is 0.143. The highest BCUT2D eigenvalue weighted by atomic mass is 35.5. The van der Waals surface area contributed by atoms with E-state index in [1.807, 2.05) is 37.3 Å². The van der Waals surface area contributed by atoms with Crippen LogP contribution in [-0.2, 0) is 6.54 Å². The lowest BCUT2D eigenvalue weighted by atomic mass is 10.2. The molecule has 2 rings (SSSR count). The molecule has 1 N–H and O–H groups in total.